The zero-order chi connectivity index (χ0) is 16.5. The quantitative estimate of drug-likeness (QED) is 0.294. The highest BCUT2D eigenvalue weighted by Gasteiger charge is 2.18. The van der Waals surface area contributed by atoms with Gasteiger partial charge in [0, 0.05) is 13.2 Å². The normalized spacial score (nSPS) is 13.7. The molecule has 0 bridgehead atoms. The molecule has 4 heteroatoms. The zero-order valence-corrected chi connectivity index (χ0v) is 17.0. The minimum Gasteiger partial charge on any atom is -0.349 e. The summed E-state index contributed by atoms with van der Waals surface area (Å²) >= 11 is 0. The van der Waals surface area contributed by atoms with Crippen LogP contribution in [0.2, 0.25) is 39.3 Å². The van der Waals surface area contributed by atoms with E-state index in [4.69, 9.17) is 9.47 Å². The number of ether oxygens (including phenoxy) is 2. The Morgan fingerprint density at radius 2 is 1.52 bits per heavy atom. The van der Waals surface area contributed by atoms with E-state index in [1.165, 1.54) is 5.20 Å². The highest BCUT2D eigenvalue weighted by Crippen LogP contribution is 2.14. The maximum atomic E-state index is 5.51. The second-order valence-electron chi connectivity index (χ2n) is 6.99. The van der Waals surface area contributed by atoms with Crippen LogP contribution >= 0.6 is 0 Å². The molecule has 21 heavy (non-hydrogen) atoms. The van der Waals surface area contributed by atoms with Crippen LogP contribution in [0.4, 0.5) is 0 Å². The molecule has 120 valence electrons. The van der Waals surface area contributed by atoms with Crippen molar-refractivity contribution in [2.24, 2.45) is 0 Å². The van der Waals surface area contributed by atoms with Crippen LogP contribution in [0.25, 0.3) is 0 Å². The maximum absolute atomic E-state index is 5.51. The first kappa shape index (κ1) is 20.4. The van der Waals surface area contributed by atoms with E-state index >= 15 is 0 Å². The molecule has 0 aliphatic carbocycles. The molecule has 0 aromatic rings. The van der Waals surface area contributed by atoms with Gasteiger partial charge in [-0.25, -0.2) is 0 Å². The molecule has 0 aliphatic heterocycles. The Kier molecular flexibility index (Phi) is 9.15. The summed E-state index contributed by atoms with van der Waals surface area (Å²) < 4.78 is 11.0. The third kappa shape index (κ3) is 10.7. The lowest BCUT2D eigenvalue weighted by molar-refractivity contribution is -0.103. The summed E-state index contributed by atoms with van der Waals surface area (Å²) in [7, 11) is -2.76. The van der Waals surface area contributed by atoms with Gasteiger partial charge in [-0.05, 0) is 25.1 Å². The van der Waals surface area contributed by atoms with Crippen molar-refractivity contribution in [1.82, 2.24) is 0 Å². The number of rotatable bonds is 7. The van der Waals surface area contributed by atoms with Crippen molar-refractivity contribution < 1.29 is 9.47 Å². The Morgan fingerprint density at radius 1 is 1.00 bits per heavy atom. The Morgan fingerprint density at radius 3 is 1.90 bits per heavy atom. The monoisotopic (exact) mass is 324 g/mol. The summed E-state index contributed by atoms with van der Waals surface area (Å²) in [5.74, 6) is 3.44. The summed E-state index contributed by atoms with van der Waals surface area (Å²) in [4.78, 5) is 0. The fraction of sp³-hybridized carbons (Fsp3) is 0.647. The van der Waals surface area contributed by atoms with Crippen LogP contribution in [-0.4, -0.2) is 35.7 Å². The molecule has 0 amide bonds. The van der Waals surface area contributed by atoms with Crippen molar-refractivity contribution in [2.75, 3.05) is 13.2 Å². The summed E-state index contributed by atoms with van der Waals surface area (Å²) in [6.07, 6.45) is 5.88. The van der Waals surface area contributed by atoms with Crippen molar-refractivity contribution in [2.45, 2.75) is 59.4 Å². The molecule has 0 saturated heterocycles. The van der Waals surface area contributed by atoms with Crippen molar-refractivity contribution >= 4 is 16.1 Å². The van der Waals surface area contributed by atoms with Crippen molar-refractivity contribution in [3.63, 3.8) is 0 Å². The topological polar surface area (TPSA) is 18.5 Å². The van der Waals surface area contributed by atoms with Gasteiger partial charge in [0.1, 0.15) is 8.07 Å². The van der Waals surface area contributed by atoms with Gasteiger partial charge in [-0.2, -0.15) is 0 Å². The first-order valence-corrected chi connectivity index (χ1v) is 14.8. The molecule has 0 aromatic heterocycles. The molecule has 0 aromatic carbocycles. The standard InChI is InChI=1S/C17H32O2Si2/c1-9-18-17(19-10-2)13-11-12-16(21(6,7)8)14-15-20(3,4)5/h11-13,17H,9-10H2,1-8H3/b13-11+,16-12-. The Labute approximate surface area is 133 Å². The largest absolute Gasteiger partial charge is 0.349 e. The lowest BCUT2D eigenvalue weighted by atomic mass is 10.4. The van der Waals surface area contributed by atoms with E-state index in [1.54, 1.807) is 0 Å². The predicted octanol–water partition coefficient (Wildman–Crippen LogP) is 4.63. The molecule has 2 nitrogen and oxygen atoms in total. The van der Waals surface area contributed by atoms with Crippen LogP contribution in [0.15, 0.2) is 23.4 Å². The van der Waals surface area contributed by atoms with E-state index < -0.39 is 16.1 Å². The summed E-state index contributed by atoms with van der Waals surface area (Å²) in [6, 6.07) is 0. The smallest absolute Gasteiger partial charge is 0.177 e. The molecular formula is C17H32O2Si2. The molecule has 0 N–H and O–H groups in total. The fourth-order valence-corrected chi connectivity index (χ4v) is 3.13. The van der Waals surface area contributed by atoms with Gasteiger partial charge < -0.3 is 9.47 Å². The highest BCUT2D eigenvalue weighted by atomic mass is 28.3. The minimum atomic E-state index is -1.42. The molecule has 0 fully saturated rings. The van der Waals surface area contributed by atoms with Crippen molar-refractivity contribution in [1.29, 1.82) is 0 Å². The fourth-order valence-electron chi connectivity index (χ4n) is 1.46. The lowest BCUT2D eigenvalue weighted by Crippen LogP contribution is -2.24. The number of hydrogen-bond acceptors (Lipinski definition) is 2. The van der Waals surface area contributed by atoms with Crippen LogP contribution in [0.3, 0.4) is 0 Å². The molecule has 0 heterocycles. The van der Waals surface area contributed by atoms with E-state index in [9.17, 15) is 0 Å². The molecule has 0 unspecified atom stereocenters. The highest BCUT2D eigenvalue weighted by molar-refractivity contribution is 6.86. The molecule has 0 aliphatic rings. The Balaban J connectivity index is 5.12. The van der Waals surface area contributed by atoms with Gasteiger partial charge in [0.25, 0.3) is 0 Å². The third-order valence-corrected chi connectivity index (χ3v) is 5.36. The van der Waals surface area contributed by atoms with E-state index in [1.807, 2.05) is 26.0 Å². The molecule has 0 radical (unpaired) electrons. The minimum absolute atomic E-state index is 0.260. The van der Waals surface area contributed by atoms with Gasteiger partial charge in [-0.15, -0.1) is 5.54 Å². The van der Waals surface area contributed by atoms with Crippen molar-refractivity contribution in [3.05, 3.63) is 23.4 Å². The Hall–Kier alpha value is -0.606. The molecule has 0 saturated carbocycles. The Bertz CT molecular complexity index is 409. The first-order valence-electron chi connectivity index (χ1n) is 7.75. The molecular weight excluding hydrogens is 292 g/mol. The van der Waals surface area contributed by atoms with Gasteiger partial charge in [0.15, 0.2) is 6.29 Å². The number of hydrogen-bond donors (Lipinski definition) is 0. The average Bonchev–Trinajstić information content (AvgIpc) is 2.31. The van der Waals surface area contributed by atoms with Crippen LogP contribution in [0, 0.1) is 11.5 Å². The van der Waals surface area contributed by atoms with Crippen LogP contribution < -0.4 is 0 Å². The van der Waals surface area contributed by atoms with E-state index in [0.29, 0.717) is 13.2 Å². The van der Waals surface area contributed by atoms with Gasteiger partial charge in [0.2, 0.25) is 0 Å². The second kappa shape index (κ2) is 9.42. The average molecular weight is 325 g/mol. The van der Waals surface area contributed by atoms with Gasteiger partial charge in [-0.1, -0.05) is 57.4 Å². The van der Waals surface area contributed by atoms with Crippen LogP contribution in [0.1, 0.15) is 13.8 Å². The summed E-state index contributed by atoms with van der Waals surface area (Å²) in [6.45, 7) is 19.1. The van der Waals surface area contributed by atoms with Crippen LogP contribution in [-0.2, 0) is 9.47 Å². The third-order valence-electron chi connectivity index (χ3n) is 2.57. The second-order valence-corrected chi connectivity index (χ2v) is 16.8. The van der Waals surface area contributed by atoms with E-state index in [0.717, 1.165) is 0 Å². The summed E-state index contributed by atoms with van der Waals surface area (Å²) in [5, 5.41) is 1.29. The molecule has 0 rings (SSSR count). The SMILES string of the molecule is CCOC(/C=C/C=C(/C#C[Si](C)(C)C)[Si](C)(C)C)OCC. The lowest BCUT2D eigenvalue weighted by Gasteiger charge is -2.16. The van der Waals surface area contributed by atoms with Gasteiger partial charge in [-0.3, -0.25) is 0 Å². The molecule has 0 atom stereocenters. The van der Waals surface area contributed by atoms with Crippen molar-refractivity contribution in [3.8, 4) is 11.5 Å². The van der Waals surface area contributed by atoms with Gasteiger partial charge >= 0.3 is 0 Å². The van der Waals surface area contributed by atoms with E-state index in [2.05, 4.69) is 56.8 Å². The van der Waals surface area contributed by atoms with Crippen LogP contribution in [0.5, 0.6) is 0 Å². The first-order chi connectivity index (χ1) is 9.60. The predicted molar refractivity (Wildman–Crippen MR) is 98.7 cm³/mol. The van der Waals surface area contributed by atoms with Gasteiger partial charge in [0.05, 0.1) is 8.07 Å². The maximum Gasteiger partial charge on any atom is 0.177 e. The van der Waals surface area contributed by atoms with E-state index in [-0.39, 0.29) is 6.29 Å². The zero-order valence-electron chi connectivity index (χ0n) is 15.0. The number of allylic oxidation sites excluding steroid dienone is 3. The summed E-state index contributed by atoms with van der Waals surface area (Å²) in [5.41, 5.74) is 3.48. The molecule has 0 spiro atoms.